The second-order valence-electron chi connectivity index (χ2n) is 6.22. The summed E-state index contributed by atoms with van der Waals surface area (Å²) in [4.78, 5) is 24.9. The first-order chi connectivity index (χ1) is 11.6. The van der Waals surface area contributed by atoms with Gasteiger partial charge >= 0.3 is 11.9 Å². The third-order valence-electron chi connectivity index (χ3n) is 4.41. The molecule has 132 valence electrons. The highest BCUT2D eigenvalue weighted by molar-refractivity contribution is 6.32. The van der Waals surface area contributed by atoms with Crippen molar-refractivity contribution in [1.82, 2.24) is 0 Å². The predicted octanol–water partition coefficient (Wildman–Crippen LogP) is 4.79. The summed E-state index contributed by atoms with van der Waals surface area (Å²) in [5.41, 5.74) is 0. The number of esters is 2. The lowest BCUT2D eigenvalue weighted by Crippen LogP contribution is -2.36. The third kappa shape index (κ3) is 5.23. The number of hydrogen-bond acceptors (Lipinski definition) is 4. The average Bonchev–Trinajstić information content (AvgIpc) is 2.60. The Balaban J connectivity index is 1.96. The number of benzene rings is 1. The van der Waals surface area contributed by atoms with Crippen LogP contribution in [-0.4, -0.2) is 18.5 Å². The topological polar surface area (TPSA) is 52.6 Å². The van der Waals surface area contributed by atoms with E-state index in [9.17, 15) is 9.59 Å². The Bertz CT molecular complexity index is 558. The molecule has 1 aliphatic carbocycles. The Morgan fingerprint density at radius 1 is 1.08 bits per heavy atom. The van der Waals surface area contributed by atoms with E-state index >= 15 is 0 Å². The van der Waals surface area contributed by atoms with Gasteiger partial charge < -0.3 is 9.47 Å². The van der Waals surface area contributed by atoms with Crippen LogP contribution in [0.1, 0.15) is 51.9 Å². The van der Waals surface area contributed by atoms with Crippen LogP contribution in [-0.2, 0) is 14.3 Å². The van der Waals surface area contributed by atoms with E-state index in [1.165, 1.54) is 0 Å². The number of para-hydroxylation sites is 1. The van der Waals surface area contributed by atoms with Gasteiger partial charge in [0.05, 0.1) is 23.5 Å². The van der Waals surface area contributed by atoms with E-state index in [4.69, 9.17) is 21.1 Å². The van der Waals surface area contributed by atoms with E-state index in [1.54, 1.807) is 24.3 Å². The number of carbonyl (C=O) groups is 2. The van der Waals surface area contributed by atoms with Gasteiger partial charge in [-0.05, 0) is 31.4 Å². The van der Waals surface area contributed by atoms with Crippen molar-refractivity contribution in [2.45, 2.75) is 51.9 Å². The zero-order valence-electron chi connectivity index (χ0n) is 14.1. The lowest BCUT2D eigenvalue weighted by atomic mass is 9.79. The number of hydrogen-bond donors (Lipinski definition) is 0. The molecular weight excluding hydrogens is 328 g/mol. The summed E-state index contributed by atoms with van der Waals surface area (Å²) >= 11 is 6.04. The first-order valence-electron chi connectivity index (χ1n) is 8.76. The minimum Gasteiger partial charge on any atom is -0.465 e. The highest BCUT2D eigenvalue weighted by Crippen LogP contribution is 2.33. The van der Waals surface area contributed by atoms with E-state index in [1.807, 2.05) is 0 Å². The summed E-state index contributed by atoms with van der Waals surface area (Å²) in [6.45, 7) is 2.53. The van der Waals surface area contributed by atoms with Gasteiger partial charge in [-0.3, -0.25) is 9.59 Å². The molecule has 1 aromatic carbocycles. The second kappa shape index (κ2) is 9.67. The van der Waals surface area contributed by atoms with Crippen molar-refractivity contribution >= 4 is 23.5 Å². The smallest absolute Gasteiger partial charge is 0.315 e. The number of ether oxygens (including phenoxy) is 2. The average molecular weight is 353 g/mol. The van der Waals surface area contributed by atoms with Crippen molar-refractivity contribution in [2.75, 3.05) is 6.61 Å². The van der Waals surface area contributed by atoms with Crippen LogP contribution in [0.25, 0.3) is 0 Å². The quantitative estimate of drug-likeness (QED) is 0.402. The van der Waals surface area contributed by atoms with Gasteiger partial charge in [0.15, 0.2) is 0 Å². The molecule has 0 aliphatic heterocycles. The van der Waals surface area contributed by atoms with Gasteiger partial charge in [0, 0.05) is 0 Å². The fraction of sp³-hybridized carbons (Fsp3) is 0.579. The molecule has 0 amide bonds. The van der Waals surface area contributed by atoms with Crippen LogP contribution in [0.5, 0.6) is 5.75 Å². The fourth-order valence-electron chi connectivity index (χ4n) is 3.04. The van der Waals surface area contributed by atoms with Gasteiger partial charge in [-0.2, -0.15) is 0 Å². The molecule has 0 aromatic heterocycles. The van der Waals surface area contributed by atoms with E-state index in [0.717, 1.165) is 32.1 Å². The van der Waals surface area contributed by atoms with Crippen LogP contribution in [0.2, 0.25) is 5.02 Å². The second-order valence-corrected chi connectivity index (χ2v) is 6.63. The van der Waals surface area contributed by atoms with E-state index < -0.39 is 17.8 Å². The summed E-state index contributed by atoms with van der Waals surface area (Å²) in [5, 5.41) is 0.389. The molecule has 2 rings (SSSR count). The van der Waals surface area contributed by atoms with Crippen molar-refractivity contribution in [3.05, 3.63) is 29.3 Å². The molecular formula is C19H25ClO4. The number of unbranched alkanes of at least 4 members (excludes halogenated alkanes) is 2. The maximum absolute atomic E-state index is 12.5. The van der Waals surface area contributed by atoms with Crippen molar-refractivity contribution < 1.29 is 19.1 Å². The van der Waals surface area contributed by atoms with Gasteiger partial charge in [-0.25, -0.2) is 0 Å². The van der Waals surface area contributed by atoms with Gasteiger partial charge in [-0.1, -0.05) is 56.3 Å². The maximum atomic E-state index is 12.5. The Hall–Kier alpha value is -1.55. The summed E-state index contributed by atoms with van der Waals surface area (Å²) < 4.78 is 10.8. The Kier molecular flexibility index (Phi) is 7.57. The van der Waals surface area contributed by atoms with Gasteiger partial charge in [0.2, 0.25) is 0 Å². The zero-order valence-corrected chi connectivity index (χ0v) is 14.9. The molecule has 1 fully saturated rings. The molecule has 0 heterocycles. The predicted molar refractivity (Wildman–Crippen MR) is 93.0 cm³/mol. The van der Waals surface area contributed by atoms with Crippen LogP contribution in [0, 0.1) is 11.8 Å². The molecule has 0 spiro atoms. The van der Waals surface area contributed by atoms with Gasteiger partial charge in [0.1, 0.15) is 5.75 Å². The van der Waals surface area contributed by atoms with Crippen molar-refractivity contribution in [2.24, 2.45) is 11.8 Å². The monoisotopic (exact) mass is 352 g/mol. The Labute approximate surface area is 148 Å². The van der Waals surface area contributed by atoms with Crippen molar-refractivity contribution in [3.63, 3.8) is 0 Å². The molecule has 2 unspecified atom stereocenters. The lowest BCUT2D eigenvalue weighted by Gasteiger charge is -2.28. The largest absolute Gasteiger partial charge is 0.465 e. The molecule has 0 N–H and O–H groups in total. The summed E-state index contributed by atoms with van der Waals surface area (Å²) in [6, 6.07) is 6.86. The fourth-order valence-corrected chi connectivity index (χ4v) is 3.21. The Morgan fingerprint density at radius 2 is 1.75 bits per heavy atom. The van der Waals surface area contributed by atoms with Crippen LogP contribution in [0.4, 0.5) is 0 Å². The van der Waals surface area contributed by atoms with Gasteiger partial charge in [0.25, 0.3) is 0 Å². The molecule has 1 aliphatic rings. The number of rotatable bonds is 7. The number of halogens is 1. The number of carbonyl (C=O) groups excluding carboxylic acids is 2. The molecule has 0 saturated heterocycles. The minimum atomic E-state index is -0.450. The van der Waals surface area contributed by atoms with E-state index in [0.29, 0.717) is 30.2 Å². The van der Waals surface area contributed by atoms with Crippen molar-refractivity contribution in [1.29, 1.82) is 0 Å². The zero-order chi connectivity index (χ0) is 17.4. The lowest BCUT2D eigenvalue weighted by molar-refractivity contribution is -0.158. The molecule has 2 atom stereocenters. The van der Waals surface area contributed by atoms with Crippen molar-refractivity contribution in [3.8, 4) is 5.75 Å². The Morgan fingerprint density at radius 3 is 2.42 bits per heavy atom. The molecule has 24 heavy (non-hydrogen) atoms. The minimum absolute atomic E-state index is 0.271. The SMILES string of the molecule is CCCCCOC(=O)C1CCCCC1C(=O)Oc1ccccc1Cl. The van der Waals surface area contributed by atoms with E-state index in [2.05, 4.69) is 6.92 Å². The molecule has 5 heteroatoms. The van der Waals surface area contributed by atoms with Crippen LogP contribution < -0.4 is 4.74 Å². The normalized spacial score (nSPS) is 20.4. The molecule has 4 nitrogen and oxygen atoms in total. The standard InChI is InChI=1S/C19H25ClO4/c1-2-3-8-13-23-18(21)14-9-4-5-10-15(14)19(22)24-17-12-7-6-11-16(17)20/h6-7,11-12,14-15H,2-5,8-10,13H2,1H3. The highest BCUT2D eigenvalue weighted by atomic mass is 35.5. The molecule has 0 radical (unpaired) electrons. The third-order valence-corrected chi connectivity index (χ3v) is 4.72. The first kappa shape index (κ1) is 18.8. The summed E-state index contributed by atoms with van der Waals surface area (Å²) in [6.07, 6.45) is 6.16. The van der Waals surface area contributed by atoms with Crippen LogP contribution in [0.15, 0.2) is 24.3 Å². The summed E-state index contributed by atoms with van der Waals surface area (Å²) in [5.74, 6) is -1.18. The molecule has 1 aromatic rings. The highest BCUT2D eigenvalue weighted by Gasteiger charge is 2.38. The van der Waals surface area contributed by atoms with Gasteiger partial charge in [-0.15, -0.1) is 0 Å². The van der Waals surface area contributed by atoms with Crippen LogP contribution in [0.3, 0.4) is 0 Å². The van der Waals surface area contributed by atoms with E-state index in [-0.39, 0.29) is 5.97 Å². The maximum Gasteiger partial charge on any atom is 0.315 e. The summed E-state index contributed by atoms with van der Waals surface area (Å²) in [7, 11) is 0. The molecule has 1 saturated carbocycles. The molecule has 0 bridgehead atoms. The first-order valence-corrected chi connectivity index (χ1v) is 9.14. The van der Waals surface area contributed by atoms with Crippen LogP contribution >= 0.6 is 11.6 Å².